The Labute approximate surface area is 115 Å². The third-order valence-corrected chi connectivity index (χ3v) is 3.64. The molecule has 19 heavy (non-hydrogen) atoms. The number of hydrogen-bond acceptors (Lipinski definition) is 6. The molecule has 0 aliphatic heterocycles. The van der Waals surface area contributed by atoms with E-state index in [0.29, 0.717) is 10.6 Å². The van der Waals surface area contributed by atoms with Gasteiger partial charge in [0.15, 0.2) is 5.82 Å². The average Bonchev–Trinajstić information content (AvgIpc) is 3.11. The third kappa shape index (κ3) is 3.14. The lowest BCUT2D eigenvalue weighted by Crippen LogP contribution is -2.35. The van der Waals surface area contributed by atoms with Crippen LogP contribution in [-0.2, 0) is 4.79 Å². The number of likely N-dealkylation sites (N-methyl/N-ethyl adjacent to an activating group) is 1. The fourth-order valence-electron chi connectivity index (χ4n) is 1.58. The third-order valence-electron chi connectivity index (χ3n) is 2.85. The molecule has 0 saturated heterocycles. The summed E-state index contributed by atoms with van der Waals surface area (Å²) in [5, 5.41) is 8.87. The molecule has 1 aliphatic carbocycles. The number of anilines is 2. The molecule has 1 unspecified atom stereocenters. The summed E-state index contributed by atoms with van der Waals surface area (Å²) in [7, 11) is 1.56. The largest absolute Gasteiger partial charge is 0.382 e. The molecular weight excluding hydrogens is 266 g/mol. The van der Waals surface area contributed by atoms with Gasteiger partial charge in [0.05, 0.1) is 0 Å². The molecule has 1 heterocycles. The molecule has 0 radical (unpaired) electrons. The Morgan fingerprint density at radius 3 is 2.74 bits per heavy atom. The molecule has 0 spiro atoms. The smallest absolute Gasteiger partial charge is 0.258 e. The highest BCUT2D eigenvalue weighted by molar-refractivity contribution is 7.11. The van der Waals surface area contributed by atoms with Crippen LogP contribution >= 0.6 is 11.5 Å². The van der Waals surface area contributed by atoms with Gasteiger partial charge in [-0.05, 0) is 31.3 Å². The van der Waals surface area contributed by atoms with E-state index in [-0.39, 0.29) is 23.7 Å². The van der Waals surface area contributed by atoms with E-state index in [1.807, 2.05) is 0 Å². The Morgan fingerprint density at radius 2 is 2.16 bits per heavy atom. The molecule has 1 aromatic heterocycles. The van der Waals surface area contributed by atoms with Crippen molar-refractivity contribution < 1.29 is 9.59 Å². The summed E-state index contributed by atoms with van der Waals surface area (Å²) in [4.78, 5) is 23.5. The minimum absolute atomic E-state index is 0.166. The molecule has 2 rings (SSSR count). The summed E-state index contributed by atoms with van der Waals surface area (Å²) in [6.45, 7) is 1.71. The van der Waals surface area contributed by atoms with Crippen molar-refractivity contribution in [3.8, 4) is 0 Å². The van der Waals surface area contributed by atoms with E-state index in [4.69, 9.17) is 5.73 Å². The van der Waals surface area contributed by atoms with Gasteiger partial charge in [0.2, 0.25) is 5.91 Å². The molecule has 0 aromatic carbocycles. The Bertz CT molecular complexity index is 497. The fraction of sp³-hybridized carbons (Fsp3) is 0.545. The number of amides is 2. The predicted octanol–water partition coefficient (Wildman–Crippen LogP) is 0.164. The summed E-state index contributed by atoms with van der Waals surface area (Å²) < 4.78 is 3.97. The van der Waals surface area contributed by atoms with Gasteiger partial charge in [0.25, 0.3) is 5.91 Å². The molecule has 1 aliphatic rings. The highest BCUT2D eigenvalue weighted by Crippen LogP contribution is 2.28. The summed E-state index contributed by atoms with van der Waals surface area (Å²) in [6.07, 6.45) is 2.00. The summed E-state index contributed by atoms with van der Waals surface area (Å²) in [6, 6.07) is -0.215. The van der Waals surface area contributed by atoms with Gasteiger partial charge in [-0.3, -0.25) is 9.59 Å². The molecule has 1 saturated carbocycles. The number of nitrogen functional groups attached to an aromatic ring is 1. The lowest BCUT2D eigenvalue weighted by atomic mass is 10.2. The van der Waals surface area contributed by atoms with Crippen LogP contribution < -0.4 is 21.7 Å². The van der Waals surface area contributed by atoms with Crippen LogP contribution in [-0.4, -0.2) is 35.3 Å². The first-order valence-corrected chi connectivity index (χ1v) is 6.84. The van der Waals surface area contributed by atoms with Gasteiger partial charge < -0.3 is 21.7 Å². The zero-order valence-electron chi connectivity index (χ0n) is 10.8. The van der Waals surface area contributed by atoms with Crippen LogP contribution in [0, 0.1) is 0 Å². The SMILES string of the molecule is CNC(=O)C(C)Nc1snc(N)c1C(=O)NC1CC1. The van der Waals surface area contributed by atoms with Crippen LogP contribution in [0.2, 0.25) is 0 Å². The molecule has 0 bridgehead atoms. The Hall–Kier alpha value is -1.83. The number of nitrogens with zero attached hydrogens (tertiary/aromatic N) is 1. The maximum Gasteiger partial charge on any atom is 0.258 e. The summed E-state index contributed by atoms with van der Waals surface area (Å²) in [5.41, 5.74) is 6.05. The quantitative estimate of drug-likeness (QED) is 0.615. The second-order valence-electron chi connectivity index (χ2n) is 4.50. The highest BCUT2D eigenvalue weighted by Gasteiger charge is 2.28. The van der Waals surface area contributed by atoms with Gasteiger partial charge in [0, 0.05) is 13.1 Å². The number of carbonyl (C=O) groups is 2. The van der Waals surface area contributed by atoms with Crippen molar-refractivity contribution in [3.63, 3.8) is 0 Å². The minimum atomic E-state index is -0.461. The van der Waals surface area contributed by atoms with Crippen molar-refractivity contribution in [2.24, 2.45) is 0 Å². The van der Waals surface area contributed by atoms with Crippen LogP contribution in [0.1, 0.15) is 30.1 Å². The zero-order chi connectivity index (χ0) is 14.0. The van der Waals surface area contributed by atoms with Crippen LogP contribution in [0.4, 0.5) is 10.8 Å². The lowest BCUT2D eigenvalue weighted by Gasteiger charge is -2.13. The predicted molar refractivity (Wildman–Crippen MR) is 74.2 cm³/mol. The van der Waals surface area contributed by atoms with Crippen molar-refractivity contribution >= 4 is 34.2 Å². The van der Waals surface area contributed by atoms with Crippen molar-refractivity contribution in [3.05, 3.63) is 5.56 Å². The van der Waals surface area contributed by atoms with Crippen molar-refractivity contribution in [1.82, 2.24) is 15.0 Å². The molecule has 5 N–H and O–H groups in total. The summed E-state index contributed by atoms with van der Waals surface area (Å²) >= 11 is 1.08. The average molecular weight is 283 g/mol. The van der Waals surface area contributed by atoms with Crippen molar-refractivity contribution in [2.45, 2.75) is 31.8 Å². The van der Waals surface area contributed by atoms with Gasteiger partial charge in [-0.2, -0.15) is 4.37 Å². The van der Waals surface area contributed by atoms with E-state index in [2.05, 4.69) is 20.3 Å². The minimum Gasteiger partial charge on any atom is -0.382 e. The van der Waals surface area contributed by atoms with E-state index in [9.17, 15) is 9.59 Å². The second kappa shape index (κ2) is 5.43. The number of rotatable bonds is 5. The number of nitrogens with two attached hydrogens (primary N) is 1. The van der Waals surface area contributed by atoms with Gasteiger partial charge in [0.1, 0.15) is 16.6 Å². The Kier molecular flexibility index (Phi) is 3.89. The Balaban J connectivity index is 2.12. The first-order chi connectivity index (χ1) is 9.02. The van der Waals surface area contributed by atoms with Crippen molar-refractivity contribution in [2.75, 3.05) is 18.1 Å². The molecule has 104 valence electrons. The molecular formula is C11H17N5O2S. The zero-order valence-corrected chi connectivity index (χ0v) is 11.6. The van der Waals surface area contributed by atoms with Crippen LogP contribution in [0.15, 0.2) is 0 Å². The molecule has 2 amide bonds. The topological polar surface area (TPSA) is 109 Å². The molecule has 1 aromatic rings. The van der Waals surface area contributed by atoms with Crippen LogP contribution in [0.3, 0.4) is 0 Å². The van der Waals surface area contributed by atoms with Gasteiger partial charge >= 0.3 is 0 Å². The normalized spacial score (nSPS) is 15.7. The summed E-state index contributed by atoms with van der Waals surface area (Å²) in [5.74, 6) is -0.212. The van der Waals surface area contributed by atoms with Gasteiger partial charge in [-0.25, -0.2) is 0 Å². The fourth-order valence-corrected chi connectivity index (χ4v) is 2.38. The van der Waals surface area contributed by atoms with Crippen LogP contribution in [0.25, 0.3) is 0 Å². The standard InChI is InChI=1S/C11H17N5O2S/c1-5(9(17)13-2)14-11-7(8(12)16-19-11)10(18)15-6-3-4-6/h5-6,14H,3-4H2,1-2H3,(H2,12,16)(H,13,17)(H,15,18). The number of nitrogens with one attached hydrogen (secondary N) is 3. The van der Waals surface area contributed by atoms with E-state index >= 15 is 0 Å². The monoisotopic (exact) mass is 283 g/mol. The first-order valence-electron chi connectivity index (χ1n) is 6.07. The Morgan fingerprint density at radius 1 is 1.47 bits per heavy atom. The maximum atomic E-state index is 12.1. The van der Waals surface area contributed by atoms with E-state index in [1.54, 1.807) is 14.0 Å². The molecule has 8 heteroatoms. The maximum absolute atomic E-state index is 12.1. The highest BCUT2D eigenvalue weighted by atomic mass is 32.1. The van der Waals surface area contributed by atoms with Gasteiger partial charge in [-0.15, -0.1) is 0 Å². The molecule has 1 atom stereocenters. The molecule has 1 fully saturated rings. The number of carbonyl (C=O) groups excluding carboxylic acids is 2. The number of hydrogen-bond donors (Lipinski definition) is 4. The van der Waals surface area contributed by atoms with Gasteiger partial charge in [-0.1, -0.05) is 0 Å². The van der Waals surface area contributed by atoms with E-state index in [0.717, 1.165) is 24.4 Å². The first kappa shape index (κ1) is 13.6. The lowest BCUT2D eigenvalue weighted by molar-refractivity contribution is -0.121. The molecule has 7 nitrogen and oxygen atoms in total. The van der Waals surface area contributed by atoms with E-state index in [1.165, 1.54) is 0 Å². The second-order valence-corrected chi connectivity index (χ2v) is 5.27. The number of aromatic nitrogens is 1. The van der Waals surface area contributed by atoms with E-state index < -0.39 is 6.04 Å². The van der Waals surface area contributed by atoms with Crippen LogP contribution in [0.5, 0.6) is 0 Å². The van der Waals surface area contributed by atoms with Crippen molar-refractivity contribution in [1.29, 1.82) is 0 Å².